The van der Waals surface area contributed by atoms with Crippen molar-refractivity contribution in [3.8, 4) is 0 Å². The minimum absolute atomic E-state index is 0.0481. The number of guanidine groups is 1. The van der Waals surface area contributed by atoms with Crippen molar-refractivity contribution in [3.63, 3.8) is 0 Å². The molecule has 126 valence electrons. The summed E-state index contributed by atoms with van der Waals surface area (Å²) in [4.78, 5) is 14.8. The van der Waals surface area contributed by atoms with Crippen molar-refractivity contribution < 1.29 is 4.92 Å². The van der Waals surface area contributed by atoms with Crippen LogP contribution in [0, 0.1) is 10.1 Å². The van der Waals surface area contributed by atoms with E-state index in [1.807, 2.05) is 12.1 Å². The Labute approximate surface area is 141 Å². The van der Waals surface area contributed by atoms with Gasteiger partial charge in [0.05, 0.1) is 17.0 Å². The zero-order valence-corrected chi connectivity index (χ0v) is 13.9. The monoisotopic (exact) mass is 326 g/mol. The topological polar surface area (TPSA) is 93.5 Å². The Morgan fingerprint density at radius 1 is 1.25 bits per heavy atom. The van der Waals surface area contributed by atoms with Gasteiger partial charge in [-0.1, -0.05) is 44.2 Å². The van der Waals surface area contributed by atoms with Gasteiger partial charge in [-0.05, 0) is 30.0 Å². The second-order valence-corrected chi connectivity index (χ2v) is 5.64. The molecule has 0 saturated heterocycles. The van der Waals surface area contributed by atoms with Crippen molar-refractivity contribution >= 4 is 17.3 Å². The molecule has 0 fully saturated rings. The second kappa shape index (κ2) is 8.10. The second-order valence-electron chi connectivity index (χ2n) is 5.64. The summed E-state index contributed by atoms with van der Waals surface area (Å²) in [5.74, 6) is 0.744. The molecular weight excluding hydrogens is 304 g/mol. The molecule has 24 heavy (non-hydrogen) atoms. The molecule has 0 aromatic heterocycles. The van der Waals surface area contributed by atoms with Crippen LogP contribution in [0.25, 0.3) is 0 Å². The fourth-order valence-corrected chi connectivity index (χ4v) is 2.31. The summed E-state index contributed by atoms with van der Waals surface area (Å²) in [6.45, 7) is 4.50. The number of para-hydroxylation sites is 1. The molecule has 0 spiro atoms. The molecular formula is C18H22N4O2. The molecule has 6 nitrogen and oxygen atoms in total. The number of hydrogen-bond donors (Lipinski definition) is 2. The number of benzene rings is 2. The van der Waals surface area contributed by atoms with Gasteiger partial charge in [0.25, 0.3) is 5.69 Å². The Bertz CT molecular complexity index is 726. The van der Waals surface area contributed by atoms with Crippen LogP contribution >= 0.6 is 0 Å². The first kappa shape index (κ1) is 17.5. The Balaban J connectivity index is 2.03. The summed E-state index contributed by atoms with van der Waals surface area (Å²) in [7, 11) is 0. The van der Waals surface area contributed by atoms with Gasteiger partial charge in [-0.15, -0.1) is 0 Å². The maximum atomic E-state index is 11.0. The lowest BCUT2D eigenvalue weighted by Gasteiger charge is -2.10. The normalized spacial score (nSPS) is 12.7. The summed E-state index contributed by atoms with van der Waals surface area (Å²) >= 11 is 0. The third-order valence-corrected chi connectivity index (χ3v) is 3.97. The van der Waals surface area contributed by atoms with E-state index in [1.54, 1.807) is 18.2 Å². The van der Waals surface area contributed by atoms with Crippen LogP contribution in [0.4, 0.5) is 11.4 Å². The van der Waals surface area contributed by atoms with Gasteiger partial charge in [-0.25, -0.2) is 4.99 Å². The van der Waals surface area contributed by atoms with Gasteiger partial charge in [-0.2, -0.15) is 0 Å². The van der Waals surface area contributed by atoms with E-state index in [-0.39, 0.29) is 18.2 Å². The highest BCUT2D eigenvalue weighted by molar-refractivity contribution is 5.92. The summed E-state index contributed by atoms with van der Waals surface area (Å²) in [6.07, 6.45) is 1.09. The van der Waals surface area contributed by atoms with Crippen molar-refractivity contribution in [3.05, 3.63) is 69.8 Å². The van der Waals surface area contributed by atoms with Crippen LogP contribution in [0.3, 0.4) is 0 Å². The zero-order chi connectivity index (χ0) is 17.5. The molecule has 0 saturated carbocycles. The molecule has 0 heterocycles. The Kier molecular flexibility index (Phi) is 5.89. The fourth-order valence-electron chi connectivity index (χ4n) is 2.31. The van der Waals surface area contributed by atoms with E-state index in [4.69, 9.17) is 5.73 Å². The van der Waals surface area contributed by atoms with Crippen LogP contribution in [0.2, 0.25) is 0 Å². The highest BCUT2D eigenvalue weighted by atomic mass is 16.6. The first-order valence-corrected chi connectivity index (χ1v) is 7.90. The number of nitrogens with two attached hydrogens (primary N) is 1. The van der Waals surface area contributed by atoms with Crippen LogP contribution in [0.5, 0.6) is 0 Å². The van der Waals surface area contributed by atoms with Crippen molar-refractivity contribution in [2.24, 2.45) is 10.7 Å². The maximum Gasteiger partial charge on any atom is 0.274 e. The van der Waals surface area contributed by atoms with Crippen molar-refractivity contribution in [2.45, 2.75) is 32.7 Å². The molecule has 1 atom stereocenters. The number of nitrogens with zero attached hydrogens (tertiary/aromatic N) is 2. The standard InChI is InChI=1S/C18H22N4O2/c1-3-13(2)14-8-10-16(11-9-14)21-18(19)20-12-15-6-4-5-7-17(15)22(23)24/h4-11,13H,3,12H2,1-2H3,(H3,19,20,21). The van der Waals surface area contributed by atoms with E-state index in [2.05, 4.69) is 36.3 Å². The van der Waals surface area contributed by atoms with E-state index in [9.17, 15) is 10.1 Å². The summed E-state index contributed by atoms with van der Waals surface area (Å²) < 4.78 is 0. The number of nitro benzene ring substituents is 1. The molecule has 0 bridgehead atoms. The number of aliphatic imine (C=N–C) groups is 1. The van der Waals surface area contributed by atoms with Crippen LogP contribution in [-0.4, -0.2) is 10.9 Å². The predicted octanol–water partition coefficient (Wildman–Crippen LogP) is 4.04. The average Bonchev–Trinajstić information content (AvgIpc) is 2.60. The zero-order valence-electron chi connectivity index (χ0n) is 13.9. The molecule has 0 aliphatic heterocycles. The van der Waals surface area contributed by atoms with Gasteiger partial charge in [0.1, 0.15) is 0 Å². The molecule has 0 aliphatic carbocycles. The molecule has 2 rings (SSSR count). The van der Waals surface area contributed by atoms with Crippen LogP contribution in [0.15, 0.2) is 53.5 Å². The minimum Gasteiger partial charge on any atom is -0.370 e. The van der Waals surface area contributed by atoms with E-state index in [0.29, 0.717) is 11.5 Å². The molecule has 0 amide bonds. The maximum absolute atomic E-state index is 11.0. The van der Waals surface area contributed by atoms with Gasteiger partial charge in [0.2, 0.25) is 0 Å². The molecule has 2 aromatic carbocycles. The Morgan fingerprint density at radius 3 is 2.54 bits per heavy atom. The summed E-state index contributed by atoms with van der Waals surface area (Å²) in [5, 5.41) is 14.0. The quantitative estimate of drug-likeness (QED) is 0.362. The predicted molar refractivity (Wildman–Crippen MR) is 97.2 cm³/mol. The van der Waals surface area contributed by atoms with Crippen LogP contribution in [-0.2, 0) is 6.54 Å². The number of nitro groups is 1. The molecule has 0 radical (unpaired) electrons. The largest absolute Gasteiger partial charge is 0.370 e. The SMILES string of the molecule is CCC(C)c1ccc(NC(N)=NCc2ccccc2[N+](=O)[O-])cc1. The summed E-state index contributed by atoms with van der Waals surface area (Å²) in [6, 6.07) is 14.5. The molecule has 1 unspecified atom stereocenters. The lowest BCUT2D eigenvalue weighted by Crippen LogP contribution is -2.22. The average molecular weight is 326 g/mol. The first-order valence-electron chi connectivity index (χ1n) is 7.90. The number of nitrogens with one attached hydrogen (secondary N) is 1. The lowest BCUT2D eigenvalue weighted by atomic mass is 9.99. The molecule has 2 aromatic rings. The number of rotatable bonds is 6. The highest BCUT2D eigenvalue weighted by Crippen LogP contribution is 2.21. The molecule has 6 heteroatoms. The van der Waals surface area contributed by atoms with E-state index in [0.717, 1.165) is 12.1 Å². The smallest absolute Gasteiger partial charge is 0.274 e. The van der Waals surface area contributed by atoms with Gasteiger partial charge in [0, 0.05) is 11.8 Å². The lowest BCUT2D eigenvalue weighted by molar-refractivity contribution is -0.385. The summed E-state index contributed by atoms with van der Waals surface area (Å²) in [5.41, 5.74) is 8.56. The number of anilines is 1. The first-order chi connectivity index (χ1) is 11.5. The highest BCUT2D eigenvalue weighted by Gasteiger charge is 2.11. The minimum atomic E-state index is -0.415. The van der Waals surface area contributed by atoms with E-state index >= 15 is 0 Å². The van der Waals surface area contributed by atoms with Gasteiger partial charge in [0.15, 0.2) is 5.96 Å². The van der Waals surface area contributed by atoms with Gasteiger partial charge in [-0.3, -0.25) is 10.1 Å². The van der Waals surface area contributed by atoms with Crippen LogP contribution in [0.1, 0.15) is 37.3 Å². The van der Waals surface area contributed by atoms with Crippen molar-refractivity contribution in [1.29, 1.82) is 0 Å². The van der Waals surface area contributed by atoms with Gasteiger partial charge < -0.3 is 11.1 Å². The van der Waals surface area contributed by atoms with Crippen molar-refractivity contribution in [1.82, 2.24) is 0 Å². The van der Waals surface area contributed by atoms with E-state index < -0.39 is 4.92 Å². The van der Waals surface area contributed by atoms with Crippen molar-refractivity contribution in [2.75, 3.05) is 5.32 Å². The fraction of sp³-hybridized carbons (Fsp3) is 0.278. The number of hydrogen-bond acceptors (Lipinski definition) is 3. The van der Waals surface area contributed by atoms with Crippen LogP contribution < -0.4 is 11.1 Å². The molecule has 0 aliphatic rings. The Morgan fingerprint density at radius 2 is 1.92 bits per heavy atom. The van der Waals surface area contributed by atoms with E-state index in [1.165, 1.54) is 11.6 Å². The van der Waals surface area contributed by atoms with Gasteiger partial charge >= 0.3 is 0 Å². The molecule has 3 N–H and O–H groups in total. The Hall–Kier alpha value is -2.89. The third kappa shape index (κ3) is 4.55. The third-order valence-electron chi connectivity index (χ3n) is 3.97.